The highest BCUT2D eigenvalue weighted by Gasteiger charge is 2.39. The van der Waals surface area contributed by atoms with E-state index in [9.17, 15) is 0 Å². The van der Waals surface area contributed by atoms with E-state index in [1.54, 1.807) is 0 Å². The van der Waals surface area contributed by atoms with Gasteiger partial charge in [0.25, 0.3) is 0 Å². The van der Waals surface area contributed by atoms with Crippen LogP contribution in [0.5, 0.6) is 0 Å². The Bertz CT molecular complexity index is 398. The second kappa shape index (κ2) is 6.68. The van der Waals surface area contributed by atoms with Crippen molar-refractivity contribution in [3.63, 3.8) is 0 Å². The normalized spacial score (nSPS) is 23.1. The molecule has 3 heteroatoms. The lowest BCUT2D eigenvalue weighted by Gasteiger charge is -2.50. The minimum absolute atomic E-state index is 0.293. The van der Waals surface area contributed by atoms with Gasteiger partial charge in [0.2, 0.25) is 0 Å². The van der Waals surface area contributed by atoms with Crippen molar-refractivity contribution in [2.75, 3.05) is 13.1 Å². The van der Waals surface area contributed by atoms with Crippen LogP contribution < -0.4 is 5.32 Å². The molecule has 112 valence electrons. The van der Waals surface area contributed by atoms with Gasteiger partial charge in [-0.05, 0) is 30.4 Å². The van der Waals surface area contributed by atoms with Crippen LogP contribution in [-0.4, -0.2) is 34.6 Å². The number of nitrogens with zero attached hydrogens (tertiary/aromatic N) is 2. The highest BCUT2D eigenvalue weighted by atomic mass is 15.3. The Morgan fingerprint density at radius 2 is 2.15 bits per heavy atom. The van der Waals surface area contributed by atoms with Gasteiger partial charge >= 0.3 is 0 Å². The number of rotatable bonds is 5. The van der Waals surface area contributed by atoms with Crippen LogP contribution in [0.2, 0.25) is 0 Å². The smallest absolute Gasteiger partial charge is 0.0333 e. The Kier molecular flexibility index (Phi) is 5.17. The maximum atomic E-state index is 4.26. The minimum Gasteiger partial charge on any atom is -0.311 e. The largest absolute Gasteiger partial charge is 0.311 e. The molecule has 1 aromatic rings. The summed E-state index contributed by atoms with van der Waals surface area (Å²) in [5, 5.41) is 3.77. The number of aromatic nitrogens is 1. The Hall–Kier alpha value is -0.930. The van der Waals surface area contributed by atoms with Gasteiger partial charge < -0.3 is 5.32 Å². The van der Waals surface area contributed by atoms with Crippen LogP contribution >= 0.6 is 0 Å². The van der Waals surface area contributed by atoms with Crippen molar-refractivity contribution in [1.29, 1.82) is 0 Å². The van der Waals surface area contributed by atoms with Crippen LogP contribution in [0.1, 0.15) is 46.1 Å². The van der Waals surface area contributed by atoms with Crippen LogP contribution in [0.3, 0.4) is 0 Å². The zero-order valence-electron chi connectivity index (χ0n) is 13.4. The SMILES string of the molecule is CCC1(CC)CNC(C(C)C)CN1Cc1cccnc1. The number of pyridine rings is 1. The fraction of sp³-hybridized carbons (Fsp3) is 0.706. The molecule has 1 aliphatic heterocycles. The van der Waals surface area contributed by atoms with Gasteiger partial charge in [-0.3, -0.25) is 9.88 Å². The molecule has 1 aromatic heterocycles. The predicted octanol–water partition coefficient (Wildman–Crippen LogP) is 3.07. The molecular weight excluding hydrogens is 246 g/mol. The molecular formula is C17H29N3. The van der Waals surface area contributed by atoms with Crippen LogP contribution in [0.4, 0.5) is 0 Å². The zero-order valence-corrected chi connectivity index (χ0v) is 13.4. The van der Waals surface area contributed by atoms with E-state index in [1.165, 1.54) is 18.4 Å². The fourth-order valence-corrected chi connectivity index (χ4v) is 3.27. The summed E-state index contributed by atoms with van der Waals surface area (Å²) < 4.78 is 0. The van der Waals surface area contributed by atoms with Crippen molar-refractivity contribution in [3.05, 3.63) is 30.1 Å². The van der Waals surface area contributed by atoms with E-state index in [4.69, 9.17) is 0 Å². The summed E-state index contributed by atoms with van der Waals surface area (Å²) in [6, 6.07) is 4.82. The van der Waals surface area contributed by atoms with Crippen LogP contribution in [-0.2, 0) is 6.54 Å². The first-order valence-corrected chi connectivity index (χ1v) is 7.98. The van der Waals surface area contributed by atoms with E-state index in [0.717, 1.165) is 19.6 Å². The Labute approximate surface area is 123 Å². The van der Waals surface area contributed by atoms with Gasteiger partial charge in [0, 0.05) is 43.6 Å². The van der Waals surface area contributed by atoms with Gasteiger partial charge in [-0.1, -0.05) is 33.8 Å². The molecule has 1 atom stereocenters. The molecule has 1 fully saturated rings. The Balaban J connectivity index is 2.17. The first-order chi connectivity index (χ1) is 9.61. The number of hydrogen-bond acceptors (Lipinski definition) is 3. The predicted molar refractivity (Wildman–Crippen MR) is 84.6 cm³/mol. The molecule has 1 unspecified atom stereocenters. The van der Waals surface area contributed by atoms with Gasteiger partial charge in [-0.25, -0.2) is 0 Å². The van der Waals surface area contributed by atoms with E-state index >= 15 is 0 Å². The molecule has 0 amide bonds. The Morgan fingerprint density at radius 3 is 2.70 bits per heavy atom. The summed E-state index contributed by atoms with van der Waals surface area (Å²) in [5.74, 6) is 0.679. The molecule has 0 bridgehead atoms. The van der Waals surface area contributed by atoms with Crippen molar-refractivity contribution in [3.8, 4) is 0 Å². The first kappa shape index (κ1) is 15.5. The summed E-state index contributed by atoms with van der Waals surface area (Å²) in [4.78, 5) is 6.95. The monoisotopic (exact) mass is 275 g/mol. The van der Waals surface area contributed by atoms with Crippen LogP contribution in [0.25, 0.3) is 0 Å². The molecule has 1 aliphatic rings. The highest BCUT2D eigenvalue weighted by Crippen LogP contribution is 2.29. The first-order valence-electron chi connectivity index (χ1n) is 7.98. The third-order valence-corrected chi connectivity index (χ3v) is 5.00. The van der Waals surface area contributed by atoms with Crippen LogP contribution in [0.15, 0.2) is 24.5 Å². The average molecular weight is 275 g/mol. The third-order valence-electron chi connectivity index (χ3n) is 5.00. The van der Waals surface area contributed by atoms with E-state index < -0.39 is 0 Å². The van der Waals surface area contributed by atoms with Crippen molar-refractivity contribution in [2.24, 2.45) is 5.92 Å². The molecule has 3 nitrogen and oxygen atoms in total. The van der Waals surface area contributed by atoms with Gasteiger partial charge in [0.05, 0.1) is 0 Å². The van der Waals surface area contributed by atoms with Gasteiger partial charge in [-0.2, -0.15) is 0 Å². The standard InChI is InChI=1S/C17H29N3/c1-5-17(6-2)13-19-16(14(3)4)12-20(17)11-15-8-7-9-18-10-15/h7-10,14,16,19H,5-6,11-13H2,1-4H3. The zero-order chi connectivity index (χ0) is 14.6. The Morgan fingerprint density at radius 1 is 1.40 bits per heavy atom. The molecule has 0 aliphatic carbocycles. The minimum atomic E-state index is 0.293. The maximum Gasteiger partial charge on any atom is 0.0333 e. The quantitative estimate of drug-likeness (QED) is 0.895. The van der Waals surface area contributed by atoms with Crippen molar-refractivity contribution in [2.45, 2.75) is 58.7 Å². The average Bonchev–Trinajstić information content (AvgIpc) is 2.48. The lowest BCUT2D eigenvalue weighted by Crippen LogP contribution is -2.64. The van der Waals surface area contributed by atoms with E-state index in [0.29, 0.717) is 17.5 Å². The van der Waals surface area contributed by atoms with Crippen molar-refractivity contribution >= 4 is 0 Å². The lowest BCUT2D eigenvalue weighted by atomic mass is 9.85. The molecule has 1 saturated heterocycles. The molecule has 2 heterocycles. The lowest BCUT2D eigenvalue weighted by molar-refractivity contribution is 0.0155. The summed E-state index contributed by atoms with van der Waals surface area (Å²) in [5.41, 5.74) is 1.62. The highest BCUT2D eigenvalue weighted by molar-refractivity contribution is 5.10. The van der Waals surface area contributed by atoms with Crippen molar-refractivity contribution in [1.82, 2.24) is 15.2 Å². The molecule has 0 saturated carbocycles. The number of nitrogens with one attached hydrogen (secondary N) is 1. The topological polar surface area (TPSA) is 28.2 Å². The molecule has 1 N–H and O–H groups in total. The summed E-state index contributed by atoms with van der Waals surface area (Å²) >= 11 is 0. The maximum absolute atomic E-state index is 4.26. The summed E-state index contributed by atoms with van der Waals surface area (Å²) in [7, 11) is 0. The van der Waals surface area contributed by atoms with Crippen molar-refractivity contribution < 1.29 is 0 Å². The molecule has 2 rings (SSSR count). The molecule has 0 radical (unpaired) electrons. The number of piperazine rings is 1. The third kappa shape index (κ3) is 3.21. The second-order valence-electron chi connectivity index (χ2n) is 6.40. The molecule has 0 aromatic carbocycles. The molecule has 20 heavy (non-hydrogen) atoms. The summed E-state index contributed by atoms with van der Waals surface area (Å²) in [6.45, 7) is 12.5. The van der Waals surface area contributed by atoms with E-state index in [1.807, 2.05) is 18.5 Å². The van der Waals surface area contributed by atoms with E-state index in [-0.39, 0.29) is 0 Å². The van der Waals surface area contributed by atoms with Gasteiger partial charge in [0.1, 0.15) is 0 Å². The fourth-order valence-electron chi connectivity index (χ4n) is 3.27. The summed E-state index contributed by atoms with van der Waals surface area (Å²) in [6.07, 6.45) is 6.25. The molecule has 0 spiro atoms. The van der Waals surface area contributed by atoms with Gasteiger partial charge in [-0.15, -0.1) is 0 Å². The van der Waals surface area contributed by atoms with Gasteiger partial charge in [0.15, 0.2) is 0 Å². The van der Waals surface area contributed by atoms with Crippen LogP contribution in [0, 0.1) is 5.92 Å². The number of hydrogen-bond donors (Lipinski definition) is 1. The second-order valence-corrected chi connectivity index (χ2v) is 6.40. The van der Waals surface area contributed by atoms with E-state index in [2.05, 4.69) is 49.0 Å².